The van der Waals surface area contributed by atoms with Crippen molar-refractivity contribution < 1.29 is 0 Å². The molecule has 0 fully saturated rings. The van der Waals surface area contributed by atoms with E-state index in [0.29, 0.717) is 12.0 Å². The summed E-state index contributed by atoms with van der Waals surface area (Å²) in [5.74, 6) is 0.676. The monoisotopic (exact) mass is 261 g/mol. The molecule has 0 spiro atoms. The van der Waals surface area contributed by atoms with Gasteiger partial charge in [0.25, 0.3) is 0 Å². The number of rotatable bonds is 6. The maximum absolute atomic E-state index is 3.68. The van der Waals surface area contributed by atoms with E-state index in [2.05, 4.69) is 55.7 Å². The molecule has 1 unspecified atom stereocenters. The van der Waals surface area contributed by atoms with Crippen LogP contribution in [-0.4, -0.2) is 12.6 Å². The first kappa shape index (κ1) is 13.6. The Kier molecular flexibility index (Phi) is 4.79. The van der Waals surface area contributed by atoms with Gasteiger partial charge in [0.05, 0.1) is 0 Å². The number of hydrogen-bond donors (Lipinski definition) is 1. The van der Waals surface area contributed by atoms with E-state index in [9.17, 15) is 0 Å². The van der Waals surface area contributed by atoms with Crippen molar-refractivity contribution in [2.24, 2.45) is 5.92 Å². The van der Waals surface area contributed by atoms with Crippen molar-refractivity contribution in [3.8, 4) is 0 Å². The second-order valence-electron chi connectivity index (χ2n) is 5.27. The van der Waals surface area contributed by atoms with Crippen molar-refractivity contribution in [2.75, 3.05) is 6.54 Å². The molecular weight excluding hydrogens is 238 g/mol. The van der Waals surface area contributed by atoms with E-state index in [1.807, 2.05) is 11.3 Å². The highest BCUT2D eigenvalue weighted by Crippen LogP contribution is 2.27. The van der Waals surface area contributed by atoms with Gasteiger partial charge in [0, 0.05) is 10.7 Å². The van der Waals surface area contributed by atoms with Gasteiger partial charge in [-0.15, -0.1) is 11.3 Å². The van der Waals surface area contributed by atoms with E-state index in [1.54, 1.807) is 0 Å². The van der Waals surface area contributed by atoms with E-state index in [4.69, 9.17) is 0 Å². The van der Waals surface area contributed by atoms with Crippen LogP contribution in [0.15, 0.2) is 29.6 Å². The smallest absolute Gasteiger partial charge is 0.0345 e. The zero-order chi connectivity index (χ0) is 13.0. The zero-order valence-corrected chi connectivity index (χ0v) is 12.4. The number of thiophene rings is 1. The number of nitrogens with one attached hydrogen (secondary N) is 1. The first-order chi connectivity index (χ1) is 8.72. The third-order valence-corrected chi connectivity index (χ3v) is 4.47. The standard InChI is InChI=1S/C16H23NS/c1-4-9-17-15(12(2)3)10-13-11-18-16-8-6-5-7-14(13)16/h5-8,11-12,15,17H,4,9-10H2,1-3H3. The summed E-state index contributed by atoms with van der Waals surface area (Å²) in [6.45, 7) is 7.96. The molecule has 0 radical (unpaired) electrons. The van der Waals surface area contributed by atoms with Gasteiger partial charge in [0.1, 0.15) is 0 Å². The fourth-order valence-corrected chi connectivity index (χ4v) is 3.28. The first-order valence-electron chi connectivity index (χ1n) is 6.91. The van der Waals surface area contributed by atoms with Gasteiger partial charge in [0.2, 0.25) is 0 Å². The summed E-state index contributed by atoms with van der Waals surface area (Å²) in [6, 6.07) is 9.31. The third-order valence-electron chi connectivity index (χ3n) is 3.46. The van der Waals surface area contributed by atoms with Crippen LogP contribution in [0, 0.1) is 5.92 Å². The van der Waals surface area contributed by atoms with Crippen molar-refractivity contribution in [3.05, 3.63) is 35.2 Å². The highest BCUT2D eigenvalue weighted by atomic mass is 32.1. The van der Waals surface area contributed by atoms with Gasteiger partial charge in [-0.2, -0.15) is 0 Å². The van der Waals surface area contributed by atoms with Gasteiger partial charge in [0.15, 0.2) is 0 Å². The Hall–Kier alpha value is -0.860. The van der Waals surface area contributed by atoms with Crippen molar-refractivity contribution in [2.45, 2.75) is 39.7 Å². The lowest BCUT2D eigenvalue weighted by atomic mass is 9.96. The lowest BCUT2D eigenvalue weighted by Gasteiger charge is -2.22. The Balaban J connectivity index is 2.15. The molecule has 1 heterocycles. The highest BCUT2D eigenvalue weighted by molar-refractivity contribution is 7.17. The molecule has 2 rings (SSSR count). The predicted molar refractivity (Wildman–Crippen MR) is 82.4 cm³/mol. The molecule has 1 atom stereocenters. The van der Waals surface area contributed by atoms with Crippen LogP contribution in [0.5, 0.6) is 0 Å². The maximum Gasteiger partial charge on any atom is 0.0345 e. The third kappa shape index (κ3) is 3.12. The van der Waals surface area contributed by atoms with Crippen LogP contribution in [0.25, 0.3) is 10.1 Å². The van der Waals surface area contributed by atoms with Crippen LogP contribution in [-0.2, 0) is 6.42 Å². The highest BCUT2D eigenvalue weighted by Gasteiger charge is 2.15. The van der Waals surface area contributed by atoms with Gasteiger partial charge >= 0.3 is 0 Å². The van der Waals surface area contributed by atoms with Crippen molar-refractivity contribution >= 4 is 21.4 Å². The molecule has 1 aromatic carbocycles. The first-order valence-corrected chi connectivity index (χ1v) is 7.78. The van der Waals surface area contributed by atoms with Crippen molar-refractivity contribution in [1.29, 1.82) is 0 Å². The van der Waals surface area contributed by atoms with Gasteiger partial charge in [-0.25, -0.2) is 0 Å². The van der Waals surface area contributed by atoms with E-state index < -0.39 is 0 Å². The van der Waals surface area contributed by atoms with Gasteiger partial charge in [-0.3, -0.25) is 0 Å². The molecule has 1 N–H and O–H groups in total. The zero-order valence-electron chi connectivity index (χ0n) is 11.6. The molecule has 0 amide bonds. The van der Waals surface area contributed by atoms with E-state index in [0.717, 1.165) is 13.0 Å². The predicted octanol–water partition coefficient (Wildman–Crippen LogP) is 4.47. The Bertz CT molecular complexity index is 487. The normalized spacial score (nSPS) is 13.3. The second-order valence-corrected chi connectivity index (χ2v) is 6.18. The van der Waals surface area contributed by atoms with Gasteiger partial charge in [-0.1, -0.05) is 39.0 Å². The Labute approximate surface area is 114 Å². The van der Waals surface area contributed by atoms with E-state index >= 15 is 0 Å². The number of fused-ring (bicyclic) bond motifs is 1. The van der Waals surface area contributed by atoms with Crippen LogP contribution < -0.4 is 5.32 Å². The summed E-state index contributed by atoms with van der Waals surface area (Å²) in [5.41, 5.74) is 1.50. The summed E-state index contributed by atoms with van der Waals surface area (Å²) >= 11 is 1.86. The molecule has 1 aromatic heterocycles. The lowest BCUT2D eigenvalue weighted by molar-refractivity contribution is 0.398. The molecule has 18 heavy (non-hydrogen) atoms. The van der Waals surface area contributed by atoms with Crippen LogP contribution in [0.1, 0.15) is 32.8 Å². The Morgan fingerprint density at radius 2 is 2.00 bits per heavy atom. The van der Waals surface area contributed by atoms with Crippen LogP contribution in [0.3, 0.4) is 0 Å². The summed E-state index contributed by atoms with van der Waals surface area (Å²) in [4.78, 5) is 0. The minimum Gasteiger partial charge on any atom is -0.313 e. The molecule has 0 saturated heterocycles. The topological polar surface area (TPSA) is 12.0 Å². The maximum atomic E-state index is 3.68. The molecule has 2 heteroatoms. The minimum absolute atomic E-state index is 0.586. The Morgan fingerprint density at radius 3 is 2.72 bits per heavy atom. The molecule has 0 aliphatic carbocycles. The van der Waals surface area contributed by atoms with Crippen LogP contribution in [0.4, 0.5) is 0 Å². The summed E-state index contributed by atoms with van der Waals surface area (Å²) in [6.07, 6.45) is 2.34. The molecule has 2 aromatic rings. The average molecular weight is 261 g/mol. The van der Waals surface area contributed by atoms with Gasteiger partial charge in [-0.05, 0) is 47.7 Å². The van der Waals surface area contributed by atoms with Crippen molar-refractivity contribution in [3.63, 3.8) is 0 Å². The van der Waals surface area contributed by atoms with E-state index in [-0.39, 0.29) is 0 Å². The van der Waals surface area contributed by atoms with Crippen LogP contribution in [0.2, 0.25) is 0 Å². The van der Waals surface area contributed by atoms with Crippen LogP contribution >= 0.6 is 11.3 Å². The van der Waals surface area contributed by atoms with Crippen molar-refractivity contribution in [1.82, 2.24) is 5.32 Å². The molecule has 98 valence electrons. The SMILES string of the molecule is CCCNC(Cc1csc2ccccc12)C(C)C. The molecule has 0 saturated carbocycles. The molecule has 0 bridgehead atoms. The largest absolute Gasteiger partial charge is 0.313 e. The number of benzene rings is 1. The molecular formula is C16H23NS. The fourth-order valence-electron chi connectivity index (χ4n) is 2.30. The average Bonchev–Trinajstić information content (AvgIpc) is 2.77. The number of hydrogen-bond acceptors (Lipinski definition) is 2. The lowest BCUT2D eigenvalue weighted by Crippen LogP contribution is -2.36. The minimum atomic E-state index is 0.586. The summed E-state index contributed by atoms with van der Waals surface area (Å²) in [7, 11) is 0. The van der Waals surface area contributed by atoms with Gasteiger partial charge < -0.3 is 5.32 Å². The summed E-state index contributed by atoms with van der Waals surface area (Å²) in [5, 5.41) is 7.44. The second kappa shape index (κ2) is 6.35. The molecule has 0 aliphatic heterocycles. The molecule has 1 nitrogen and oxygen atoms in total. The quantitative estimate of drug-likeness (QED) is 0.809. The summed E-state index contributed by atoms with van der Waals surface area (Å²) < 4.78 is 1.41. The Morgan fingerprint density at radius 1 is 1.22 bits per heavy atom. The molecule has 0 aliphatic rings. The van der Waals surface area contributed by atoms with E-state index in [1.165, 1.54) is 22.1 Å². The fraction of sp³-hybridized carbons (Fsp3) is 0.500.